The van der Waals surface area contributed by atoms with Gasteiger partial charge in [-0.15, -0.1) is 0 Å². The summed E-state index contributed by atoms with van der Waals surface area (Å²) in [5.74, 6) is 0. The molecule has 0 aromatic heterocycles. The minimum Gasteiger partial charge on any atom is -0.411 e. The molecule has 0 bridgehead atoms. The average Bonchev–Trinajstić information content (AvgIpc) is 2.65. The smallest absolute Gasteiger partial charge is 0.157 e. The van der Waals surface area contributed by atoms with Crippen LogP contribution in [-0.2, 0) is 15.9 Å². The summed E-state index contributed by atoms with van der Waals surface area (Å²) in [6.07, 6.45) is 5.38. The lowest BCUT2D eigenvalue weighted by Gasteiger charge is -2.23. The van der Waals surface area contributed by atoms with Crippen LogP contribution in [0, 0.1) is 0 Å². The Kier molecular flexibility index (Phi) is 5.99. The van der Waals surface area contributed by atoms with Crippen molar-refractivity contribution in [1.82, 2.24) is 0 Å². The van der Waals surface area contributed by atoms with Crippen molar-refractivity contribution in [2.45, 2.75) is 32.0 Å². The van der Waals surface area contributed by atoms with E-state index in [1.165, 1.54) is 6.21 Å². The molecule has 2 aromatic rings. The van der Waals surface area contributed by atoms with Gasteiger partial charge in [-0.3, -0.25) is 0 Å². The van der Waals surface area contributed by atoms with Crippen molar-refractivity contribution in [1.29, 1.82) is 0 Å². The quantitative estimate of drug-likeness (QED) is 0.491. The lowest BCUT2D eigenvalue weighted by atomic mass is 9.94. The third-order valence-corrected chi connectivity index (χ3v) is 4.29. The van der Waals surface area contributed by atoms with E-state index in [4.69, 9.17) is 14.7 Å². The summed E-state index contributed by atoms with van der Waals surface area (Å²) in [7, 11) is 0. The summed E-state index contributed by atoms with van der Waals surface area (Å²) < 4.78 is 11.5. The van der Waals surface area contributed by atoms with E-state index >= 15 is 0 Å². The van der Waals surface area contributed by atoms with Crippen LogP contribution in [0.25, 0.3) is 11.1 Å². The van der Waals surface area contributed by atoms with Crippen LogP contribution in [-0.4, -0.2) is 30.9 Å². The number of oxime groups is 1. The lowest BCUT2D eigenvalue weighted by molar-refractivity contribution is -0.161. The Balaban J connectivity index is 1.78. The summed E-state index contributed by atoms with van der Waals surface area (Å²) in [6.45, 7) is 1.37. The van der Waals surface area contributed by atoms with E-state index < -0.39 is 0 Å². The summed E-state index contributed by atoms with van der Waals surface area (Å²) in [5.41, 5.74) is 4.32. The third-order valence-electron chi connectivity index (χ3n) is 4.29. The van der Waals surface area contributed by atoms with Crippen LogP contribution in [0.15, 0.2) is 53.7 Å². The van der Waals surface area contributed by atoms with Gasteiger partial charge in [0.05, 0.1) is 12.8 Å². The highest BCUT2D eigenvalue weighted by Crippen LogP contribution is 2.26. The molecule has 0 aliphatic carbocycles. The van der Waals surface area contributed by atoms with E-state index in [0.29, 0.717) is 6.61 Å². The SMILES string of the molecule is ON=Cc1cccc(-c2ccccc2)c1CCOC1CCCCO1. The van der Waals surface area contributed by atoms with E-state index in [2.05, 4.69) is 23.4 Å². The Morgan fingerprint density at radius 2 is 2.00 bits per heavy atom. The first-order chi connectivity index (χ1) is 11.9. The molecule has 1 aliphatic heterocycles. The molecule has 0 radical (unpaired) electrons. The first kappa shape index (κ1) is 16.7. The van der Waals surface area contributed by atoms with Crippen molar-refractivity contribution >= 4 is 6.21 Å². The van der Waals surface area contributed by atoms with Crippen LogP contribution in [0.3, 0.4) is 0 Å². The molecule has 126 valence electrons. The molecule has 1 heterocycles. The van der Waals surface area contributed by atoms with Gasteiger partial charge in [0.25, 0.3) is 0 Å². The number of rotatable bonds is 6. The minimum absolute atomic E-state index is 0.0856. The topological polar surface area (TPSA) is 51.1 Å². The molecule has 4 heteroatoms. The molecule has 3 rings (SSSR count). The van der Waals surface area contributed by atoms with Crippen LogP contribution in [0.2, 0.25) is 0 Å². The molecule has 1 N–H and O–H groups in total. The van der Waals surface area contributed by atoms with E-state index in [0.717, 1.165) is 54.5 Å². The van der Waals surface area contributed by atoms with Gasteiger partial charge in [0.15, 0.2) is 6.29 Å². The molecule has 1 atom stereocenters. The second-order valence-corrected chi connectivity index (χ2v) is 5.90. The van der Waals surface area contributed by atoms with Gasteiger partial charge in [0.1, 0.15) is 0 Å². The Labute approximate surface area is 142 Å². The van der Waals surface area contributed by atoms with Gasteiger partial charge in [0, 0.05) is 6.61 Å². The van der Waals surface area contributed by atoms with Crippen molar-refractivity contribution in [3.05, 3.63) is 59.7 Å². The number of benzene rings is 2. The Hall–Kier alpha value is -2.17. The van der Waals surface area contributed by atoms with Gasteiger partial charge in [-0.2, -0.15) is 0 Å². The molecule has 1 unspecified atom stereocenters. The van der Waals surface area contributed by atoms with E-state index in [-0.39, 0.29) is 6.29 Å². The maximum absolute atomic E-state index is 8.95. The van der Waals surface area contributed by atoms with Gasteiger partial charge in [-0.1, -0.05) is 53.7 Å². The molecule has 1 fully saturated rings. The van der Waals surface area contributed by atoms with E-state index in [9.17, 15) is 0 Å². The van der Waals surface area contributed by atoms with Gasteiger partial charge < -0.3 is 14.7 Å². The Morgan fingerprint density at radius 3 is 2.75 bits per heavy atom. The molecular weight excluding hydrogens is 302 g/mol. The van der Waals surface area contributed by atoms with Crippen LogP contribution in [0.5, 0.6) is 0 Å². The van der Waals surface area contributed by atoms with Crippen molar-refractivity contribution in [2.75, 3.05) is 13.2 Å². The fourth-order valence-corrected chi connectivity index (χ4v) is 3.09. The fraction of sp³-hybridized carbons (Fsp3) is 0.350. The standard InChI is InChI=1S/C20H23NO3/c22-21-15-17-9-6-10-18(16-7-2-1-3-8-16)19(17)12-14-24-20-11-4-5-13-23-20/h1-3,6-10,15,20,22H,4-5,11-14H2. The highest BCUT2D eigenvalue weighted by atomic mass is 16.7. The molecule has 1 aliphatic rings. The van der Waals surface area contributed by atoms with E-state index in [1.54, 1.807) is 0 Å². The molecule has 4 nitrogen and oxygen atoms in total. The van der Waals surface area contributed by atoms with Crippen LogP contribution in [0.4, 0.5) is 0 Å². The predicted molar refractivity (Wildman–Crippen MR) is 94.5 cm³/mol. The average molecular weight is 325 g/mol. The zero-order valence-electron chi connectivity index (χ0n) is 13.7. The van der Waals surface area contributed by atoms with E-state index in [1.807, 2.05) is 30.3 Å². The molecule has 2 aromatic carbocycles. The van der Waals surface area contributed by atoms with Crippen molar-refractivity contribution in [3.63, 3.8) is 0 Å². The third kappa shape index (κ3) is 4.22. The summed E-state index contributed by atoms with van der Waals surface area (Å²) in [6, 6.07) is 16.3. The van der Waals surface area contributed by atoms with Crippen LogP contribution >= 0.6 is 0 Å². The number of nitrogens with zero attached hydrogens (tertiary/aromatic N) is 1. The Morgan fingerprint density at radius 1 is 1.12 bits per heavy atom. The fourth-order valence-electron chi connectivity index (χ4n) is 3.09. The normalized spacial score (nSPS) is 18.1. The first-order valence-electron chi connectivity index (χ1n) is 8.46. The van der Waals surface area contributed by atoms with Crippen molar-refractivity contribution in [3.8, 4) is 11.1 Å². The molecule has 0 saturated carbocycles. The highest BCUT2D eigenvalue weighted by molar-refractivity contribution is 5.85. The maximum Gasteiger partial charge on any atom is 0.157 e. The second kappa shape index (κ2) is 8.62. The highest BCUT2D eigenvalue weighted by Gasteiger charge is 2.15. The zero-order chi connectivity index (χ0) is 16.6. The molecular formula is C20H23NO3. The Bertz CT molecular complexity index is 664. The molecule has 0 amide bonds. The maximum atomic E-state index is 8.95. The number of hydrogen-bond acceptors (Lipinski definition) is 4. The first-order valence-corrected chi connectivity index (χ1v) is 8.46. The molecule has 0 spiro atoms. The minimum atomic E-state index is -0.0856. The largest absolute Gasteiger partial charge is 0.411 e. The zero-order valence-corrected chi connectivity index (χ0v) is 13.7. The van der Waals surface area contributed by atoms with Crippen molar-refractivity contribution < 1.29 is 14.7 Å². The summed E-state index contributed by atoms with van der Waals surface area (Å²) in [5, 5.41) is 12.2. The predicted octanol–water partition coefficient (Wildman–Crippen LogP) is 4.25. The summed E-state index contributed by atoms with van der Waals surface area (Å²) >= 11 is 0. The van der Waals surface area contributed by atoms with Gasteiger partial charge in [-0.25, -0.2) is 0 Å². The lowest BCUT2D eigenvalue weighted by Crippen LogP contribution is -2.23. The molecule has 24 heavy (non-hydrogen) atoms. The van der Waals surface area contributed by atoms with Gasteiger partial charge >= 0.3 is 0 Å². The summed E-state index contributed by atoms with van der Waals surface area (Å²) in [4.78, 5) is 0. The van der Waals surface area contributed by atoms with Crippen LogP contribution < -0.4 is 0 Å². The van der Waals surface area contributed by atoms with Crippen molar-refractivity contribution in [2.24, 2.45) is 5.16 Å². The number of ether oxygens (including phenoxy) is 2. The van der Waals surface area contributed by atoms with Gasteiger partial charge in [-0.05, 0) is 47.9 Å². The van der Waals surface area contributed by atoms with Gasteiger partial charge in [0.2, 0.25) is 0 Å². The monoisotopic (exact) mass is 325 g/mol. The second-order valence-electron chi connectivity index (χ2n) is 5.90. The molecule has 1 saturated heterocycles. The number of hydrogen-bond donors (Lipinski definition) is 1. The van der Waals surface area contributed by atoms with Crippen LogP contribution in [0.1, 0.15) is 30.4 Å².